The lowest BCUT2D eigenvalue weighted by molar-refractivity contribution is -0.145. The molecule has 1 saturated carbocycles. The van der Waals surface area contributed by atoms with Crippen LogP contribution < -0.4 is 10.1 Å². The summed E-state index contributed by atoms with van der Waals surface area (Å²) < 4.78 is 48.2. The van der Waals surface area contributed by atoms with Crippen LogP contribution in [0.5, 0.6) is 5.88 Å². The summed E-state index contributed by atoms with van der Waals surface area (Å²) in [6, 6.07) is 5.95. The monoisotopic (exact) mass is 610 g/mol. The maximum Gasteiger partial charge on any atom is 0.451 e. The van der Waals surface area contributed by atoms with Gasteiger partial charge in [-0.2, -0.15) is 28.5 Å². The predicted octanol–water partition coefficient (Wildman–Crippen LogP) is 3.42. The van der Waals surface area contributed by atoms with Crippen LogP contribution in [0.1, 0.15) is 50.5 Å². The topological polar surface area (TPSA) is 154 Å². The van der Waals surface area contributed by atoms with Gasteiger partial charge in [-0.3, -0.25) is 9.58 Å². The average Bonchev–Trinajstić information content (AvgIpc) is 3.65. The molecule has 6 rings (SSSR count). The summed E-state index contributed by atoms with van der Waals surface area (Å²) in [5.74, 6) is -1.34. The zero-order valence-electron chi connectivity index (χ0n) is 24.1. The molecule has 15 heteroatoms. The van der Waals surface area contributed by atoms with E-state index < -0.39 is 23.6 Å². The number of hydrogen-bond acceptors (Lipinski definition) is 10. The predicted molar refractivity (Wildman–Crippen MR) is 152 cm³/mol. The molecule has 2 aliphatic rings. The summed E-state index contributed by atoms with van der Waals surface area (Å²) in [5.41, 5.74) is 2.07. The van der Waals surface area contributed by atoms with Crippen molar-refractivity contribution in [2.75, 3.05) is 19.6 Å². The number of halogens is 3. The summed E-state index contributed by atoms with van der Waals surface area (Å²) in [5, 5.41) is 27.5. The maximum atomic E-state index is 13.5. The highest BCUT2D eigenvalue weighted by atomic mass is 19.4. The van der Waals surface area contributed by atoms with Crippen LogP contribution in [0.3, 0.4) is 0 Å². The highest BCUT2D eigenvalue weighted by Crippen LogP contribution is 2.39. The third-order valence-electron chi connectivity index (χ3n) is 8.30. The van der Waals surface area contributed by atoms with E-state index in [2.05, 4.69) is 46.3 Å². The number of aromatic amines is 1. The summed E-state index contributed by atoms with van der Waals surface area (Å²) in [7, 11) is 0. The Kier molecular flexibility index (Phi) is 8.23. The first-order chi connectivity index (χ1) is 21.1. The van der Waals surface area contributed by atoms with E-state index in [4.69, 9.17) is 4.74 Å². The van der Waals surface area contributed by atoms with Gasteiger partial charge < -0.3 is 20.1 Å². The van der Waals surface area contributed by atoms with Gasteiger partial charge in [-0.1, -0.05) is 0 Å². The molecular formula is C29H33F3N10O2. The molecule has 0 aromatic carbocycles. The number of rotatable bonds is 10. The van der Waals surface area contributed by atoms with Gasteiger partial charge in [-0.25, -0.2) is 15.0 Å². The van der Waals surface area contributed by atoms with Crippen LogP contribution in [0.25, 0.3) is 22.3 Å². The third kappa shape index (κ3) is 6.23. The van der Waals surface area contributed by atoms with E-state index in [9.17, 15) is 23.5 Å². The van der Waals surface area contributed by atoms with E-state index in [1.165, 1.54) is 12.4 Å². The molecule has 5 heterocycles. The number of ether oxygens (including phenoxy) is 1. The van der Waals surface area contributed by atoms with Crippen molar-refractivity contribution in [3.8, 4) is 23.2 Å². The molecule has 44 heavy (non-hydrogen) atoms. The largest absolute Gasteiger partial charge is 0.474 e. The average molecular weight is 611 g/mol. The molecule has 1 atom stereocenters. The molecule has 4 aromatic rings. The van der Waals surface area contributed by atoms with E-state index >= 15 is 0 Å². The van der Waals surface area contributed by atoms with Gasteiger partial charge in [-0.05, 0) is 38.7 Å². The fraction of sp³-hybridized carbons (Fsp3) is 0.517. The Morgan fingerprint density at radius 1 is 1.23 bits per heavy atom. The number of aromatic nitrogens is 7. The number of H-pyrrole nitrogens is 1. The van der Waals surface area contributed by atoms with Gasteiger partial charge in [0.2, 0.25) is 11.7 Å². The molecule has 4 aromatic heterocycles. The third-order valence-corrected chi connectivity index (χ3v) is 8.30. The smallest absolute Gasteiger partial charge is 0.451 e. The number of hydrogen-bond donors (Lipinski definition) is 3. The van der Waals surface area contributed by atoms with Crippen LogP contribution in [-0.4, -0.2) is 82.6 Å². The van der Waals surface area contributed by atoms with Crippen LogP contribution in [-0.2, 0) is 18.3 Å². The van der Waals surface area contributed by atoms with E-state index in [1.54, 1.807) is 13.1 Å². The molecular weight excluding hydrogens is 577 g/mol. The Hall–Kier alpha value is -4.13. The number of nitrogens with zero attached hydrogens (tertiary/aromatic N) is 8. The van der Waals surface area contributed by atoms with Gasteiger partial charge in [0, 0.05) is 61.6 Å². The van der Waals surface area contributed by atoms with Gasteiger partial charge in [0.05, 0.1) is 36.2 Å². The number of likely N-dealkylation sites (tertiary alicyclic amines) is 1. The lowest BCUT2D eigenvalue weighted by Crippen LogP contribution is -2.65. The normalized spacial score (nSPS) is 21.1. The van der Waals surface area contributed by atoms with E-state index in [0.717, 1.165) is 35.1 Å². The summed E-state index contributed by atoms with van der Waals surface area (Å²) >= 11 is 0. The molecule has 0 radical (unpaired) electrons. The second kappa shape index (κ2) is 12.1. The molecule has 0 bridgehead atoms. The van der Waals surface area contributed by atoms with Crippen molar-refractivity contribution in [2.45, 2.75) is 75.5 Å². The van der Waals surface area contributed by atoms with Gasteiger partial charge in [-0.15, -0.1) is 0 Å². The van der Waals surface area contributed by atoms with Crippen LogP contribution >= 0.6 is 0 Å². The minimum absolute atomic E-state index is 0.0479. The Balaban J connectivity index is 1.07. The van der Waals surface area contributed by atoms with Crippen LogP contribution in [0, 0.1) is 11.3 Å². The number of nitriles is 1. The number of nitrogens with one attached hydrogen (secondary N) is 2. The van der Waals surface area contributed by atoms with Crippen molar-refractivity contribution in [3.05, 3.63) is 48.6 Å². The first-order valence-corrected chi connectivity index (χ1v) is 14.6. The summed E-state index contributed by atoms with van der Waals surface area (Å²) in [4.78, 5) is 21.4. The number of aliphatic hydroxyl groups excluding tert-OH is 1. The highest BCUT2D eigenvalue weighted by molar-refractivity contribution is 5.90. The maximum absolute atomic E-state index is 13.5. The number of aliphatic hydroxyl groups is 1. The second-order valence-corrected chi connectivity index (χ2v) is 11.6. The highest BCUT2D eigenvalue weighted by Gasteiger charge is 2.48. The first kappa shape index (κ1) is 29.9. The SMILES string of the molecule is C[C@H](O)CNCc1cc(O[C@H]2CC[C@@H](N3CC(CC#N)(n4cc(-c5ncnc6[nH]ccc56)cn4)C3)CC2)nc(C(F)(F)F)n1. The molecule has 0 unspecified atom stereocenters. The molecule has 0 spiro atoms. The molecule has 2 fully saturated rings. The lowest BCUT2D eigenvalue weighted by atomic mass is 9.82. The van der Waals surface area contributed by atoms with Crippen molar-refractivity contribution < 1.29 is 23.0 Å². The minimum Gasteiger partial charge on any atom is -0.474 e. The van der Waals surface area contributed by atoms with Crippen molar-refractivity contribution >= 4 is 11.0 Å². The Morgan fingerprint density at radius 2 is 2.02 bits per heavy atom. The van der Waals surface area contributed by atoms with Gasteiger partial charge in [0.1, 0.15) is 23.6 Å². The van der Waals surface area contributed by atoms with Crippen molar-refractivity contribution in [1.29, 1.82) is 5.26 Å². The van der Waals surface area contributed by atoms with Crippen molar-refractivity contribution in [3.63, 3.8) is 0 Å². The zero-order chi connectivity index (χ0) is 30.9. The number of alkyl halides is 3. The molecule has 1 aliphatic heterocycles. The van der Waals surface area contributed by atoms with E-state index in [1.807, 2.05) is 23.1 Å². The quantitative estimate of drug-likeness (QED) is 0.243. The Morgan fingerprint density at radius 3 is 2.75 bits per heavy atom. The van der Waals surface area contributed by atoms with E-state index in [-0.39, 0.29) is 36.8 Å². The number of fused-ring (bicyclic) bond motifs is 1. The summed E-state index contributed by atoms with van der Waals surface area (Å²) in [6.45, 7) is 3.19. The fourth-order valence-electron chi connectivity index (χ4n) is 6.12. The van der Waals surface area contributed by atoms with Gasteiger partial charge in [0.15, 0.2) is 0 Å². The van der Waals surface area contributed by atoms with Crippen LogP contribution in [0.2, 0.25) is 0 Å². The van der Waals surface area contributed by atoms with Gasteiger partial charge in [0.25, 0.3) is 0 Å². The van der Waals surface area contributed by atoms with Crippen LogP contribution in [0.4, 0.5) is 13.2 Å². The molecule has 0 amide bonds. The molecule has 232 valence electrons. The Labute approximate surface area is 251 Å². The van der Waals surface area contributed by atoms with Crippen molar-refractivity contribution in [1.82, 2.24) is 44.9 Å². The lowest BCUT2D eigenvalue weighted by Gasteiger charge is -2.53. The molecule has 12 nitrogen and oxygen atoms in total. The van der Waals surface area contributed by atoms with E-state index in [0.29, 0.717) is 32.4 Å². The second-order valence-electron chi connectivity index (χ2n) is 11.6. The van der Waals surface area contributed by atoms with Gasteiger partial charge >= 0.3 is 6.18 Å². The molecule has 3 N–H and O–H groups in total. The van der Waals surface area contributed by atoms with Crippen molar-refractivity contribution in [2.24, 2.45) is 0 Å². The molecule has 1 aliphatic carbocycles. The van der Waals surface area contributed by atoms with Crippen LogP contribution in [0.15, 0.2) is 37.1 Å². The standard InChI is InChI=1S/C29H33F3N10O2/c1-18(43)11-34-13-20-10-24(40-27(39-20)29(30,31)32)44-22-4-2-21(3-5-22)41-15-28(16-41,7-8-33)42-14-19(12-38-42)25-23-6-9-35-26(23)37-17-36-25/h6,9-10,12,14,17-18,21-22,34,43H,2-5,7,11,13,15-16H2,1H3,(H,35,36,37)/t18-,21-,22+/m0/s1. The molecule has 1 saturated heterocycles. The zero-order valence-corrected chi connectivity index (χ0v) is 24.1. The minimum atomic E-state index is -4.71. The Bertz CT molecular complexity index is 1630. The first-order valence-electron chi connectivity index (χ1n) is 14.6. The summed E-state index contributed by atoms with van der Waals surface area (Å²) in [6.07, 6.45) is 4.70. The fourth-order valence-corrected chi connectivity index (χ4v) is 6.12.